The van der Waals surface area contributed by atoms with Gasteiger partial charge in [-0.15, -0.1) is 0 Å². The average molecular weight is 402 g/mol. The molecule has 0 aromatic heterocycles. The molecule has 0 heterocycles. The Balaban J connectivity index is 1.87. The molecule has 0 bridgehead atoms. The van der Waals surface area contributed by atoms with Gasteiger partial charge < -0.3 is 4.84 Å². The Hall–Kier alpha value is -1.78. The van der Waals surface area contributed by atoms with E-state index < -0.39 is 11.6 Å². The molecule has 2 nitrogen and oxygen atoms in total. The van der Waals surface area contributed by atoms with Crippen molar-refractivity contribution in [3.63, 3.8) is 0 Å². The summed E-state index contributed by atoms with van der Waals surface area (Å²) in [5, 5.41) is 2.01. The number of benzene rings is 2. The molecule has 4 heteroatoms. The highest BCUT2D eigenvalue weighted by molar-refractivity contribution is 5.38. The monoisotopic (exact) mass is 401 g/mol. The van der Waals surface area contributed by atoms with Gasteiger partial charge in [-0.1, -0.05) is 43.5 Å². The topological polar surface area (TPSA) is 12.5 Å². The molecule has 158 valence electrons. The maximum Gasteiger partial charge on any atom is 0.129 e. The van der Waals surface area contributed by atoms with E-state index in [1.807, 2.05) is 11.1 Å². The van der Waals surface area contributed by atoms with Gasteiger partial charge in [0, 0.05) is 24.6 Å². The average Bonchev–Trinajstić information content (AvgIpc) is 2.70. The summed E-state index contributed by atoms with van der Waals surface area (Å²) in [5.41, 5.74) is 3.63. The molecule has 1 atom stereocenters. The van der Waals surface area contributed by atoms with Gasteiger partial charge in [0.1, 0.15) is 11.6 Å². The summed E-state index contributed by atoms with van der Waals surface area (Å²) >= 11 is 0. The van der Waals surface area contributed by atoms with E-state index in [-0.39, 0.29) is 11.5 Å². The zero-order valence-electron chi connectivity index (χ0n) is 17.9. The van der Waals surface area contributed by atoms with E-state index in [4.69, 9.17) is 4.84 Å². The highest BCUT2D eigenvalue weighted by Crippen LogP contribution is 2.31. The van der Waals surface area contributed by atoms with Crippen LogP contribution in [0.3, 0.4) is 0 Å². The molecule has 1 aliphatic rings. The molecule has 0 spiro atoms. The number of halogens is 2. The largest absolute Gasteiger partial charge is 0.302 e. The fourth-order valence-corrected chi connectivity index (χ4v) is 4.83. The number of hydroxylamine groups is 2. The van der Waals surface area contributed by atoms with Crippen molar-refractivity contribution in [3.05, 3.63) is 70.3 Å². The first-order chi connectivity index (χ1) is 14.0. The van der Waals surface area contributed by atoms with E-state index in [1.54, 1.807) is 7.11 Å². The summed E-state index contributed by atoms with van der Waals surface area (Å²) < 4.78 is 28.9. The van der Waals surface area contributed by atoms with Gasteiger partial charge in [-0.3, -0.25) is 0 Å². The summed E-state index contributed by atoms with van der Waals surface area (Å²) in [6.07, 6.45) is 6.66. The molecule has 0 amide bonds. The van der Waals surface area contributed by atoms with E-state index >= 15 is 0 Å². The Morgan fingerprint density at radius 2 is 1.55 bits per heavy atom. The van der Waals surface area contributed by atoms with Gasteiger partial charge in [-0.25, -0.2) is 8.78 Å². The first-order valence-electron chi connectivity index (χ1n) is 10.8. The minimum atomic E-state index is -0.475. The molecule has 1 aliphatic carbocycles. The van der Waals surface area contributed by atoms with Gasteiger partial charge in [0.15, 0.2) is 0 Å². The van der Waals surface area contributed by atoms with Crippen LogP contribution in [0.5, 0.6) is 0 Å². The Morgan fingerprint density at radius 1 is 0.966 bits per heavy atom. The fraction of sp³-hybridized carbons (Fsp3) is 0.520. The lowest BCUT2D eigenvalue weighted by Crippen LogP contribution is -2.34. The lowest BCUT2D eigenvalue weighted by Gasteiger charge is -2.32. The number of hydrogen-bond acceptors (Lipinski definition) is 2. The van der Waals surface area contributed by atoms with E-state index in [1.165, 1.54) is 55.9 Å². The Bertz CT molecular complexity index is 761. The standard InChI is InChI=1S/C25H33F2NO/c1-18-9-7-10-19(2)25(18)21(15-22-23(26)13-8-14-24(22)27)17-28(29-3)16-20-11-5-4-6-12-20/h7-10,13-14,20-21H,4-6,11-12,15-17H2,1-3H3. The Labute approximate surface area is 173 Å². The second kappa shape index (κ2) is 10.3. The zero-order chi connectivity index (χ0) is 20.8. The smallest absolute Gasteiger partial charge is 0.129 e. The van der Waals surface area contributed by atoms with Gasteiger partial charge in [-0.05, 0) is 67.9 Å². The van der Waals surface area contributed by atoms with E-state index in [0.29, 0.717) is 18.9 Å². The summed E-state index contributed by atoms with van der Waals surface area (Å²) in [6.45, 7) is 5.64. The third kappa shape index (κ3) is 5.64. The summed E-state index contributed by atoms with van der Waals surface area (Å²) in [6, 6.07) is 10.3. The lowest BCUT2D eigenvalue weighted by molar-refractivity contribution is -0.144. The molecule has 0 radical (unpaired) electrons. The minimum Gasteiger partial charge on any atom is -0.302 e. The van der Waals surface area contributed by atoms with Crippen LogP contribution in [-0.2, 0) is 11.3 Å². The quantitative estimate of drug-likeness (QED) is 0.478. The van der Waals surface area contributed by atoms with Crippen molar-refractivity contribution in [2.45, 2.75) is 58.3 Å². The molecule has 1 saturated carbocycles. The fourth-order valence-electron chi connectivity index (χ4n) is 4.83. The van der Waals surface area contributed by atoms with Crippen molar-refractivity contribution < 1.29 is 13.6 Å². The molecule has 1 fully saturated rings. The minimum absolute atomic E-state index is 0.0499. The molecule has 1 unspecified atom stereocenters. The molecule has 0 saturated heterocycles. The third-order valence-corrected chi connectivity index (χ3v) is 6.33. The molecule has 2 aromatic carbocycles. The SMILES string of the molecule is CON(CC1CCCCC1)CC(Cc1c(F)cccc1F)c1c(C)cccc1C. The van der Waals surface area contributed by atoms with E-state index in [0.717, 1.165) is 17.7 Å². The van der Waals surface area contributed by atoms with Crippen LogP contribution in [0, 0.1) is 31.4 Å². The van der Waals surface area contributed by atoms with Crippen LogP contribution in [0.2, 0.25) is 0 Å². The first kappa shape index (κ1) is 21.9. The van der Waals surface area contributed by atoms with E-state index in [9.17, 15) is 8.78 Å². The Kier molecular flexibility index (Phi) is 7.79. The second-order valence-electron chi connectivity index (χ2n) is 8.44. The van der Waals surface area contributed by atoms with Crippen LogP contribution in [0.25, 0.3) is 0 Å². The maximum atomic E-state index is 14.4. The van der Waals surface area contributed by atoms with Crippen molar-refractivity contribution in [3.8, 4) is 0 Å². The van der Waals surface area contributed by atoms with Crippen molar-refractivity contribution in [1.29, 1.82) is 0 Å². The van der Waals surface area contributed by atoms with Gasteiger partial charge in [-0.2, -0.15) is 5.06 Å². The predicted octanol–water partition coefficient (Wildman–Crippen LogP) is 6.35. The van der Waals surface area contributed by atoms with Crippen LogP contribution in [0.15, 0.2) is 36.4 Å². The predicted molar refractivity (Wildman–Crippen MR) is 114 cm³/mol. The number of rotatable bonds is 8. The normalized spacial score (nSPS) is 16.3. The third-order valence-electron chi connectivity index (χ3n) is 6.33. The summed E-state index contributed by atoms with van der Waals surface area (Å²) in [7, 11) is 1.70. The summed E-state index contributed by atoms with van der Waals surface area (Å²) in [5.74, 6) is -0.367. The van der Waals surface area contributed by atoms with Crippen molar-refractivity contribution in [2.24, 2.45) is 5.92 Å². The molecule has 0 N–H and O–H groups in total. The number of hydrogen-bond donors (Lipinski definition) is 0. The molecule has 29 heavy (non-hydrogen) atoms. The number of nitrogens with zero attached hydrogens (tertiary/aromatic N) is 1. The highest BCUT2D eigenvalue weighted by Gasteiger charge is 2.25. The maximum absolute atomic E-state index is 14.4. The van der Waals surface area contributed by atoms with Crippen LogP contribution in [0.1, 0.15) is 60.3 Å². The van der Waals surface area contributed by atoms with E-state index in [2.05, 4.69) is 26.0 Å². The van der Waals surface area contributed by atoms with Crippen molar-refractivity contribution in [1.82, 2.24) is 5.06 Å². The highest BCUT2D eigenvalue weighted by atomic mass is 19.1. The van der Waals surface area contributed by atoms with Crippen LogP contribution in [-0.4, -0.2) is 25.3 Å². The molecular weight excluding hydrogens is 368 g/mol. The van der Waals surface area contributed by atoms with Gasteiger partial charge in [0.25, 0.3) is 0 Å². The van der Waals surface area contributed by atoms with Crippen LogP contribution >= 0.6 is 0 Å². The molecule has 0 aliphatic heterocycles. The van der Waals surface area contributed by atoms with Crippen LogP contribution in [0.4, 0.5) is 8.78 Å². The van der Waals surface area contributed by atoms with Crippen molar-refractivity contribution in [2.75, 3.05) is 20.2 Å². The number of aryl methyl sites for hydroxylation is 2. The summed E-state index contributed by atoms with van der Waals surface area (Å²) in [4.78, 5) is 5.73. The lowest BCUT2D eigenvalue weighted by atomic mass is 9.85. The van der Waals surface area contributed by atoms with Gasteiger partial charge >= 0.3 is 0 Å². The first-order valence-corrected chi connectivity index (χ1v) is 10.8. The van der Waals surface area contributed by atoms with Crippen molar-refractivity contribution >= 4 is 0 Å². The molecule has 2 aromatic rings. The second-order valence-corrected chi connectivity index (χ2v) is 8.44. The van der Waals surface area contributed by atoms with Crippen LogP contribution < -0.4 is 0 Å². The zero-order valence-corrected chi connectivity index (χ0v) is 17.9. The van der Waals surface area contributed by atoms with Gasteiger partial charge in [0.2, 0.25) is 0 Å². The molecule has 3 rings (SSSR count). The Morgan fingerprint density at radius 3 is 2.14 bits per heavy atom. The molecular formula is C25H33F2NO. The van der Waals surface area contributed by atoms with Gasteiger partial charge in [0.05, 0.1) is 7.11 Å².